The summed E-state index contributed by atoms with van der Waals surface area (Å²) in [5.74, 6) is 0. The third-order valence-corrected chi connectivity index (χ3v) is 4.46. The van der Waals surface area contributed by atoms with Crippen molar-refractivity contribution in [3.8, 4) is 0 Å². The summed E-state index contributed by atoms with van der Waals surface area (Å²) in [6, 6.07) is 0.170. The van der Waals surface area contributed by atoms with Gasteiger partial charge in [0.1, 0.15) is 0 Å². The molecule has 1 unspecified atom stereocenters. The molecular formula is C15H29NO. The Labute approximate surface area is 107 Å². The minimum Gasteiger partial charge on any atom is -0.377 e. The number of methoxy groups -OCH3 is 1. The van der Waals surface area contributed by atoms with Crippen LogP contribution in [0.2, 0.25) is 0 Å². The maximum absolute atomic E-state index is 6.36. The van der Waals surface area contributed by atoms with Crippen LogP contribution in [0.5, 0.6) is 0 Å². The molecule has 2 N–H and O–H groups in total. The van der Waals surface area contributed by atoms with Crippen molar-refractivity contribution >= 4 is 0 Å². The first-order valence-corrected chi connectivity index (χ1v) is 6.87. The molecule has 1 atom stereocenters. The maximum atomic E-state index is 6.36. The molecule has 0 heterocycles. The Hall–Kier alpha value is -0.340. The first kappa shape index (κ1) is 14.7. The molecular weight excluding hydrogens is 210 g/mol. The van der Waals surface area contributed by atoms with E-state index in [9.17, 15) is 0 Å². The smallest absolute Gasteiger partial charge is 0.0829 e. The van der Waals surface area contributed by atoms with E-state index in [0.29, 0.717) is 5.41 Å². The van der Waals surface area contributed by atoms with Crippen LogP contribution in [0.15, 0.2) is 12.7 Å². The third kappa shape index (κ3) is 3.82. The molecule has 1 aliphatic carbocycles. The van der Waals surface area contributed by atoms with Gasteiger partial charge < -0.3 is 10.5 Å². The second kappa shape index (κ2) is 6.01. The Balaban J connectivity index is 2.54. The number of unbranched alkanes of at least 4 members (excludes halogenated alkanes) is 1. The van der Waals surface area contributed by atoms with Crippen LogP contribution in [0.4, 0.5) is 0 Å². The van der Waals surface area contributed by atoms with E-state index in [-0.39, 0.29) is 11.6 Å². The predicted octanol–water partition coefficient (Wildman–Crippen LogP) is 3.66. The molecule has 0 radical (unpaired) electrons. The molecule has 0 bridgehead atoms. The molecule has 0 aromatic carbocycles. The van der Waals surface area contributed by atoms with Gasteiger partial charge in [0.2, 0.25) is 0 Å². The number of nitrogens with two attached hydrogens (primary N) is 1. The van der Waals surface area contributed by atoms with Crippen LogP contribution in [0, 0.1) is 5.41 Å². The highest BCUT2D eigenvalue weighted by Crippen LogP contribution is 2.43. The SMILES string of the molecule is C=CCCCC(N)C1(OC)CCC(C)(C)CC1. The Kier molecular flexibility index (Phi) is 5.21. The molecule has 0 aliphatic heterocycles. The lowest BCUT2D eigenvalue weighted by molar-refractivity contribution is -0.0799. The van der Waals surface area contributed by atoms with Crippen molar-refractivity contribution in [3.05, 3.63) is 12.7 Å². The molecule has 17 heavy (non-hydrogen) atoms. The molecule has 0 spiro atoms. The van der Waals surface area contributed by atoms with Gasteiger partial charge in [0, 0.05) is 13.2 Å². The lowest BCUT2D eigenvalue weighted by atomic mass is 9.68. The standard InChI is InChI=1S/C15H29NO/c1-5-6-7-8-13(16)15(17-4)11-9-14(2,3)10-12-15/h5,13H,1,6-12,16H2,2-4H3. The van der Waals surface area contributed by atoms with E-state index in [1.54, 1.807) is 0 Å². The van der Waals surface area contributed by atoms with Gasteiger partial charge >= 0.3 is 0 Å². The fourth-order valence-corrected chi connectivity index (χ4v) is 2.82. The summed E-state index contributed by atoms with van der Waals surface area (Å²) >= 11 is 0. The van der Waals surface area contributed by atoms with Crippen LogP contribution in [-0.4, -0.2) is 18.8 Å². The summed E-state index contributed by atoms with van der Waals surface area (Å²) in [4.78, 5) is 0. The van der Waals surface area contributed by atoms with Crippen LogP contribution >= 0.6 is 0 Å². The van der Waals surface area contributed by atoms with Crippen molar-refractivity contribution in [2.75, 3.05) is 7.11 Å². The zero-order valence-corrected chi connectivity index (χ0v) is 11.8. The second-order valence-electron chi connectivity index (χ2n) is 6.26. The molecule has 1 aliphatic rings. The van der Waals surface area contributed by atoms with Gasteiger partial charge in [-0.15, -0.1) is 6.58 Å². The van der Waals surface area contributed by atoms with E-state index in [1.807, 2.05) is 13.2 Å². The average molecular weight is 239 g/mol. The second-order valence-corrected chi connectivity index (χ2v) is 6.26. The van der Waals surface area contributed by atoms with Crippen molar-refractivity contribution in [1.82, 2.24) is 0 Å². The first-order valence-electron chi connectivity index (χ1n) is 6.87. The number of allylic oxidation sites excluding steroid dienone is 1. The topological polar surface area (TPSA) is 35.2 Å². The van der Waals surface area contributed by atoms with Gasteiger partial charge in [0.25, 0.3) is 0 Å². The van der Waals surface area contributed by atoms with E-state index >= 15 is 0 Å². The first-order chi connectivity index (χ1) is 7.96. The van der Waals surface area contributed by atoms with Gasteiger partial charge in [-0.25, -0.2) is 0 Å². The third-order valence-electron chi connectivity index (χ3n) is 4.46. The monoisotopic (exact) mass is 239 g/mol. The van der Waals surface area contributed by atoms with E-state index in [2.05, 4.69) is 20.4 Å². The van der Waals surface area contributed by atoms with Crippen LogP contribution in [0.1, 0.15) is 58.8 Å². The van der Waals surface area contributed by atoms with Gasteiger partial charge in [-0.05, 0) is 50.4 Å². The van der Waals surface area contributed by atoms with Crippen molar-refractivity contribution in [2.24, 2.45) is 11.1 Å². The molecule has 0 aromatic rings. The number of ether oxygens (including phenoxy) is 1. The van der Waals surface area contributed by atoms with E-state index in [0.717, 1.165) is 32.1 Å². The van der Waals surface area contributed by atoms with Gasteiger partial charge in [0.15, 0.2) is 0 Å². The van der Waals surface area contributed by atoms with Crippen LogP contribution in [-0.2, 0) is 4.74 Å². The molecule has 0 aromatic heterocycles. The highest BCUT2D eigenvalue weighted by Gasteiger charge is 2.42. The zero-order valence-electron chi connectivity index (χ0n) is 11.8. The molecule has 1 saturated carbocycles. The van der Waals surface area contributed by atoms with Gasteiger partial charge in [-0.2, -0.15) is 0 Å². The van der Waals surface area contributed by atoms with E-state index in [4.69, 9.17) is 10.5 Å². The average Bonchev–Trinajstić information content (AvgIpc) is 2.30. The Morgan fingerprint density at radius 3 is 2.35 bits per heavy atom. The minimum absolute atomic E-state index is 0.0727. The van der Waals surface area contributed by atoms with Crippen LogP contribution in [0.3, 0.4) is 0 Å². The summed E-state index contributed by atoms with van der Waals surface area (Å²) in [6.45, 7) is 8.44. The number of rotatable bonds is 6. The summed E-state index contributed by atoms with van der Waals surface area (Å²) in [6.07, 6.45) is 9.83. The minimum atomic E-state index is -0.0727. The van der Waals surface area contributed by atoms with E-state index in [1.165, 1.54) is 12.8 Å². The van der Waals surface area contributed by atoms with Gasteiger partial charge in [-0.1, -0.05) is 19.9 Å². The maximum Gasteiger partial charge on any atom is 0.0829 e. The molecule has 100 valence electrons. The Morgan fingerprint density at radius 2 is 1.88 bits per heavy atom. The highest BCUT2D eigenvalue weighted by molar-refractivity contribution is 4.97. The summed E-state index contributed by atoms with van der Waals surface area (Å²) in [5.41, 5.74) is 6.75. The fraction of sp³-hybridized carbons (Fsp3) is 0.867. The quantitative estimate of drug-likeness (QED) is 0.567. The van der Waals surface area contributed by atoms with Crippen molar-refractivity contribution in [2.45, 2.75) is 70.4 Å². The highest BCUT2D eigenvalue weighted by atomic mass is 16.5. The molecule has 0 amide bonds. The molecule has 1 rings (SSSR count). The number of hydrogen-bond acceptors (Lipinski definition) is 2. The molecule has 2 heteroatoms. The zero-order chi connectivity index (χ0) is 12.9. The Bertz CT molecular complexity index is 237. The molecule has 2 nitrogen and oxygen atoms in total. The molecule has 0 saturated heterocycles. The number of hydrogen-bond donors (Lipinski definition) is 1. The normalized spacial score (nSPS) is 24.2. The van der Waals surface area contributed by atoms with Crippen LogP contribution in [0.25, 0.3) is 0 Å². The van der Waals surface area contributed by atoms with Crippen LogP contribution < -0.4 is 5.73 Å². The lowest BCUT2D eigenvalue weighted by Crippen LogP contribution is -2.52. The van der Waals surface area contributed by atoms with Crippen molar-refractivity contribution < 1.29 is 4.74 Å². The Morgan fingerprint density at radius 1 is 1.29 bits per heavy atom. The van der Waals surface area contributed by atoms with Crippen molar-refractivity contribution in [3.63, 3.8) is 0 Å². The lowest BCUT2D eigenvalue weighted by Gasteiger charge is -2.46. The summed E-state index contributed by atoms with van der Waals surface area (Å²) < 4.78 is 5.81. The van der Waals surface area contributed by atoms with Gasteiger partial charge in [0.05, 0.1) is 5.60 Å². The predicted molar refractivity (Wildman–Crippen MR) is 74.0 cm³/mol. The van der Waals surface area contributed by atoms with Crippen molar-refractivity contribution in [1.29, 1.82) is 0 Å². The van der Waals surface area contributed by atoms with Gasteiger partial charge in [-0.3, -0.25) is 0 Å². The fourth-order valence-electron chi connectivity index (χ4n) is 2.82. The summed E-state index contributed by atoms with van der Waals surface area (Å²) in [7, 11) is 1.83. The largest absolute Gasteiger partial charge is 0.377 e. The molecule has 1 fully saturated rings. The summed E-state index contributed by atoms with van der Waals surface area (Å²) in [5, 5.41) is 0. The van der Waals surface area contributed by atoms with E-state index < -0.39 is 0 Å².